The first-order valence-electron chi connectivity index (χ1n) is 18.5. The predicted molar refractivity (Wildman–Crippen MR) is 183 cm³/mol. The normalized spacial score (nSPS) is 23.5. The number of hydrogen-bond donors (Lipinski definition) is 0. The topological polar surface area (TPSA) is 102 Å². The quantitative estimate of drug-likeness (QED) is 0.176. The van der Waals surface area contributed by atoms with Crippen LogP contribution in [0, 0.1) is 6.92 Å². The maximum atomic E-state index is 13.9. The van der Waals surface area contributed by atoms with Crippen molar-refractivity contribution in [2.45, 2.75) is 160 Å². The molecule has 1 saturated heterocycles. The van der Waals surface area contributed by atoms with Crippen LogP contribution >= 0.6 is 0 Å². The van der Waals surface area contributed by atoms with Crippen LogP contribution in [0.4, 0.5) is 4.79 Å². The highest BCUT2D eigenvalue weighted by Gasteiger charge is 2.47. The van der Waals surface area contributed by atoms with Gasteiger partial charge in [0.25, 0.3) is 17.4 Å². The first-order chi connectivity index (χ1) is 22.9. The largest absolute Gasteiger partial charge is 0.334 e. The first-order valence-corrected chi connectivity index (χ1v) is 18.5. The number of hydrogen-bond acceptors (Lipinski definition) is 5. The van der Waals surface area contributed by atoms with E-state index >= 15 is 0 Å². The number of barbiturate groups is 1. The molecule has 0 atom stereocenters. The summed E-state index contributed by atoms with van der Waals surface area (Å²) in [5.41, 5.74) is 0.825. The van der Waals surface area contributed by atoms with Crippen molar-refractivity contribution in [1.82, 2.24) is 18.9 Å². The number of nitrogens with zero attached hydrogens (tertiary/aromatic N) is 4. The summed E-state index contributed by atoms with van der Waals surface area (Å²) in [4.78, 5) is 71.6. The van der Waals surface area contributed by atoms with Crippen molar-refractivity contribution in [3.8, 4) is 0 Å². The molecule has 5 fully saturated rings. The Balaban J connectivity index is 1.30. The lowest BCUT2D eigenvalue weighted by atomic mass is 9.91. The van der Waals surface area contributed by atoms with Gasteiger partial charge in [0.1, 0.15) is 5.57 Å². The molecular weight excluding hydrogens is 592 g/mol. The van der Waals surface area contributed by atoms with Crippen LogP contribution in [-0.2, 0) is 9.59 Å². The zero-order chi connectivity index (χ0) is 32.9. The van der Waals surface area contributed by atoms with Gasteiger partial charge in [0.15, 0.2) is 0 Å². The van der Waals surface area contributed by atoms with Crippen molar-refractivity contribution >= 4 is 23.9 Å². The number of allylic oxidation sites excluding steroid dienone is 4. The number of aromatic nitrogens is 2. The van der Waals surface area contributed by atoms with Gasteiger partial charge >= 0.3 is 11.7 Å². The molecule has 0 aromatic carbocycles. The molecule has 2 heterocycles. The number of carbonyl (C=O) groups excluding carboxylic acids is 3. The van der Waals surface area contributed by atoms with E-state index in [2.05, 4.69) is 0 Å². The standard InChI is InChI=1S/C38H52N4O5/c1-27-32(34(43)40(29-19-9-3-10-20-29)37(46)39(27)28-17-7-2-8-18-28)25-15-6-16-26-33-35(44)41(30-21-11-4-12-22-30)38(47)42(36(33)45)31-23-13-5-14-24-31/h6,15-16,25-26,28-31H,2-5,7-14,17-24H2,1H3/b16-6+,25-15+. The van der Waals surface area contributed by atoms with Gasteiger partial charge in [-0.25, -0.2) is 9.59 Å². The van der Waals surface area contributed by atoms with E-state index in [1.807, 2.05) is 11.5 Å². The Bertz CT molecular complexity index is 1500. The van der Waals surface area contributed by atoms with Crippen LogP contribution in [-0.4, -0.2) is 48.9 Å². The molecule has 1 aliphatic heterocycles. The third-order valence-electron chi connectivity index (χ3n) is 11.4. The molecule has 47 heavy (non-hydrogen) atoms. The number of carbonyl (C=O) groups is 3. The van der Waals surface area contributed by atoms with Crippen molar-refractivity contribution in [1.29, 1.82) is 0 Å². The molecule has 0 bridgehead atoms. The van der Waals surface area contributed by atoms with Crippen LogP contribution in [0.25, 0.3) is 6.08 Å². The summed E-state index contributed by atoms with van der Waals surface area (Å²) in [5.74, 6) is -1.00. The molecule has 1 aromatic rings. The smallest absolute Gasteiger partial charge is 0.294 e. The summed E-state index contributed by atoms with van der Waals surface area (Å²) in [7, 11) is 0. The maximum Gasteiger partial charge on any atom is 0.334 e. The van der Waals surface area contributed by atoms with E-state index in [0.717, 1.165) is 122 Å². The third kappa shape index (κ3) is 6.91. The Kier molecular flexibility index (Phi) is 10.8. The fraction of sp³-hybridized carbons (Fsp3) is 0.658. The Morgan fingerprint density at radius 3 is 1.40 bits per heavy atom. The molecule has 0 spiro atoms. The van der Waals surface area contributed by atoms with Crippen LogP contribution in [0.3, 0.4) is 0 Å². The summed E-state index contributed by atoms with van der Waals surface area (Å²) < 4.78 is 3.42. The predicted octanol–water partition coefficient (Wildman–Crippen LogP) is 7.28. The van der Waals surface area contributed by atoms with E-state index in [4.69, 9.17) is 0 Å². The van der Waals surface area contributed by atoms with Gasteiger partial charge in [-0.2, -0.15) is 0 Å². The fourth-order valence-corrected chi connectivity index (χ4v) is 8.86. The van der Waals surface area contributed by atoms with Crippen molar-refractivity contribution in [2.24, 2.45) is 0 Å². The van der Waals surface area contributed by atoms with Gasteiger partial charge in [0.2, 0.25) is 0 Å². The first kappa shape index (κ1) is 33.4. The van der Waals surface area contributed by atoms with Gasteiger partial charge in [0, 0.05) is 29.9 Å². The molecule has 9 nitrogen and oxygen atoms in total. The number of imide groups is 2. The van der Waals surface area contributed by atoms with Crippen molar-refractivity contribution in [3.63, 3.8) is 0 Å². The SMILES string of the molecule is Cc1c(/C=C/C=C/C=C2C(=O)N(C3CCCCC3)C(=O)N(C3CCCCC3)C2=O)c(=O)n(C2CCCCC2)c(=O)n1C1CCCCC1. The molecule has 254 valence electrons. The highest BCUT2D eigenvalue weighted by molar-refractivity contribution is 6.29. The molecule has 0 unspecified atom stereocenters. The lowest BCUT2D eigenvalue weighted by Crippen LogP contribution is -2.62. The molecule has 9 heteroatoms. The molecule has 0 N–H and O–H groups in total. The van der Waals surface area contributed by atoms with Crippen LogP contribution in [0.1, 0.15) is 152 Å². The molecule has 4 amide bonds. The van der Waals surface area contributed by atoms with E-state index < -0.39 is 17.8 Å². The molecular formula is C38H52N4O5. The highest BCUT2D eigenvalue weighted by atomic mass is 16.2. The Hall–Kier alpha value is -3.49. The Morgan fingerprint density at radius 2 is 0.936 bits per heavy atom. The van der Waals surface area contributed by atoms with Gasteiger partial charge in [0.05, 0.1) is 5.56 Å². The molecule has 4 saturated carbocycles. The average Bonchev–Trinajstić information content (AvgIpc) is 3.09. The van der Waals surface area contributed by atoms with Crippen molar-refractivity contribution in [3.05, 3.63) is 62.0 Å². The zero-order valence-corrected chi connectivity index (χ0v) is 28.2. The van der Waals surface area contributed by atoms with Gasteiger partial charge in [-0.1, -0.05) is 95.3 Å². The van der Waals surface area contributed by atoms with Gasteiger partial charge in [-0.15, -0.1) is 0 Å². The van der Waals surface area contributed by atoms with E-state index in [1.54, 1.807) is 24.3 Å². The lowest BCUT2D eigenvalue weighted by Gasteiger charge is -2.43. The van der Waals surface area contributed by atoms with Crippen LogP contribution in [0.5, 0.6) is 0 Å². The molecule has 4 aliphatic carbocycles. The summed E-state index contributed by atoms with van der Waals surface area (Å²) in [6, 6.07) is -0.771. The summed E-state index contributed by atoms with van der Waals surface area (Å²) in [6.07, 6.45) is 27.7. The van der Waals surface area contributed by atoms with Crippen LogP contribution < -0.4 is 11.2 Å². The highest BCUT2D eigenvalue weighted by Crippen LogP contribution is 2.33. The average molecular weight is 645 g/mol. The van der Waals surface area contributed by atoms with Gasteiger partial charge < -0.3 is 0 Å². The Morgan fingerprint density at radius 1 is 0.511 bits per heavy atom. The number of urea groups is 1. The monoisotopic (exact) mass is 644 g/mol. The number of rotatable bonds is 7. The van der Waals surface area contributed by atoms with Crippen LogP contribution in [0.15, 0.2) is 39.5 Å². The van der Waals surface area contributed by atoms with Crippen LogP contribution in [0.2, 0.25) is 0 Å². The maximum absolute atomic E-state index is 13.9. The van der Waals surface area contributed by atoms with Crippen molar-refractivity contribution in [2.75, 3.05) is 0 Å². The lowest BCUT2D eigenvalue weighted by molar-refractivity contribution is -0.139. The minimum absolute atomic E-state index is 0.0204. The molecule has 1 aromatic heterocycles. The molecule has 6 rings (SSSR count). The summed E-state index contributed by atoms with van der Waals surface area (Å²) >= 11 is 0. The van der Waals surface area contributed by atoms with E-state index in [9.17, 15) is 24.0 Å². The molecule has 0 radical (unpaired) electrons. The van der Waals surface area contributed by atoms with Gasteiger partial charge in [-0.05, 0) is 70.4 Å². The minimum Gasteiger partial charge on any atom is -0.294 e. The van der Waals surface area contributed by atoms with E-state index in [1.165, 1.54) is 26.9 Å². The Labute approximate surface area is 278 Å². The molecule has 5 aliphatic rings. The van der Waals surface area contributed by atoms with Crippen molar-refractivity contribution < 1.29 is 14.4 Å². The zero-order valence-electron chi connectivity index (χ0n) is 28.2. The number of amides is 4. The summed E-state index contributed by atoms with van der Waals surface area (Å²) in [6.45, 7) is 1.88. The second-order valence-corrected chi connectivity index (χ2v) is 14.5. The minimum atomic E-state index is -0.502. The fourth-order valence-electron chi connectivity index (χ4n) is 8.86. The van der Waals surface area contributed by atoms with Gasteiger partial charge in [-0.3, -0.25) is 33.3 Å². The third-order valence-corrected chi connectivity index (χ3v) is 11.4. The van der Waals surface area contributed by atoms with E-state index in [-0.39, 0.29) is 41.0 Å². The van der Waals surface area contributed by atoms with E-state index in [0.29, 0.717) is 11.3 Å². The second kappa shape index (κ2) is 15.2. The second-order valence-electron chi connectivity index (χ2n) is 14.5. The summed E-state index contributed by atoms with van der Waals surface area (Å²) in [5, 5.41) is 0.